The number of nitrogens with zero attached hydrogens (tertiary/aromatic N) is 3. The minimum atomic E-state index is -3.88. The highest BCUT2D eigenvalue weighted by Gasteiger charge is 2.41. The van der Waals surface area contributed by atoms with E-state index in [0.717, 1.165) is 42.7 Å². The van der Waals surface area contributed by atoms with Crippen molar-refractivity contribution in [2.75, 3.05) is 26.7 Å². The molecule has 30 heavy (non-hydrogen) atoms. The van der Waals surface area contributed by atoms with Crippen molar-refractivity contribution in [1.82, 2.24) is 13.8 Å². The van der Waals surface area contributed by atoms with Gasteiger partial charge < -0.3 is 4.90 Å². The van der Waals surface area contributed by atoms with Crippen molar-refractivity contribution in [3.63, 3.8) is 0 Å². The van der Waals surface area contributed by atoms with Crippen molar-refractivity contribution in [1.29, 1.82) is 0 Å². The molecule has 2 unspecified atom stereocenters. The fraction of sp³-hybridized carbons (Fsp3) is 0.455. The largest absolute Gasteiger partial charge is 0.301 e. The van der Waals surface area contributed by atoms with Crippen LogP contribution in [0.3, 0.4) is 0 Å². The Morgan fingerprint density at radius 2 is 2.00 bits per heavy atom. The van der Waals surface area contributed by atoms with Gasteiger partial charge in [0.15, 0.2) is 4.21 Å². The molecule has 5 nitrogen and oxygen atoms in total. The molecule has 1 aromatic carbocycles. The van der Waals surface area contributed by atoms with Crippen LogP contribution in [-0.4, -0.2) is 59.1 Å². The summed E-state index contributed by atoms with van der Waals surface area (Å²) >= 11 is 13.0. The summed E-state index contributed by atoms with van der Waals surface area (Å²) in [4.78, 5) is 4.75. The maximum absolute atomic E-state index is 13.5. The van der Waals surface area contributed by atoms with E-state index in [9.17, 15) is 8.42 Å². The van der Waals surface area contributed by atoms with E-state index in [2.05, 4.69) is 23.8 Å². The van der Waals surface area contributed by atoms with Gasteiger partial charge in [-0.2, -0.15) is 0 Å². The Balaban J connectivity index is 1.78. The molecule has 1 aromatic heterocycles. The molecule has 0 N–H and O–H groups in total. The first-order valence-electron chi connectivity index (χ1n) is 10.1. The minimum Gasteiger partial charge on any atom is -0.301 e. The van der Waals surface area contributed by atoms with Crippen LogP contribution in [0.15, 0.2) is 42.6 Å². The van der Waals surface area contributed by atoms with Gasteiger partial charge in [0.1, 0.15) is 0 Å². The van der Waals surface area contributed by atoms with Gasteiger partial charge in [-0.05, 0) is 50.2 Å². The topological polar surface area (TPSA) is 45.6 Å². The molecule has 1 saturated heterocycles. The minimum absolute atomic E-state index is 0.221. The Bertz CT molecular complexity index is 1140. The van der Waals surface area contributed by atoms with Crippen molar-refractivity contribution in [2.24, 2.45) is 0 Å². The van der Waals surface area contributed by atoms with Crippen molar-refractivity contribution in [2.45, 2.75) is 37.1 Å². The third kappa shape index (κ3) is 3.73. The van der Waals surface area contributed by atoms with Gasteiger partial charge in [-0.1, -0.05) is 41.4 Å². The average molecular weight is 468 g/mol. The zero-order valence-corrected chi connectivity index (χ0v) is 19.8. The second-order valence-corrected chi connectivity index (χ2v) is 11.8. The summed E-state index contributed by atoms with van der Waals surface area (Å²) in [5, 5.41) is 1.46. The molecule has 1 fully saturated rings. The highest BCUT2D eigenvalue weighted by Crippen LogP contribution is 2.38. The zero-order chi connectivity index (χ0) is 21.7. The number of hydrogen-bond acceptors (Lipinski definition) is 4. The molecule has 0 amide bonds. The average Bonchev–Trinajstić information content (AvgIpc) is 3.02. The SMILES string of the molecule is Cc1cn(S(=O)(=O)C2(Cl)C=CC=CC2)c2cc(Cl)cc(CN3CCN(C)C(C)C3)c12. The lowest BCUT2D eigenvalue weighted by Crippen LogP contribution is -2.49. The van der Waals surface area contributed by atoms with Gasteiger partial charge in [0.05, 0.1) is 5.52 Å². The van der Waals surface area contributed by atoms with Crippen LogP contribution >= 0.6 is 23.2 Å². The number of benzene rings is 1. The van der Waals surface area contributed by atoms with Crippen LogP contribution in [0, 0.1) is 6.92 Å². The number of aryl methyl sites for hydroxylation is 1. The summed E-state index contributed by atoms with van der Waals surface area (Å²) in [6.45, 7) is 7.83. The highest BCUT2D eigenvalue weighted by molar-refractivity contribution is 7.93. The highest BCUT2D eigenvalue weighted by atomic mass is 35.5. The number of rotatable bonds is 4. The van der Waals surface area contributed by atoms with Crippen molar-refractivity contribution < 1.29 is 8.42 Å². The predicted octanol–water partition coefficient (Wildman–Crippen LogP) is 4.37. The zero-order valence-electron chi connectivity index (χ0n) is 17.5. The van der Waals surface area contributed by atoms with Crippen molar-refractivity contribution in [3.8, 4) is 0 Å². The van der Waals surface area contributed by atoms with Gasteiger partial charge in [-0.3, -0.25) is 4.90 Å². The third-order valence-electron chi connectivity index (χ3n) is 6.22. The van der Waals surface area contributed by atoms with E-state index < -0.39 is 14.2 Å². The van der Waals surface area contributed by atoms with Crippen LogP contribution < -0.4 is 0 Å². The molecule has 2 atom stereocenters. The molecule has 0 bridgehead atoms. The fourth-order valence-electron chi connectivity index (χ4n) is 4.35. The summed E-state index contributed by atoms with van der Waals surface area (Å²) in [5.74, 6) is 0. The molecule has 8 heteroatoms. The van der Waals surface area contributed by atoms with Crippen LogP contribution in [0.1, 0.15) is 24.5 Å². The molecular formula is C22H27Cl2N3O2S. The Morgan fingerprint density at radius 3 is 2.67 bits per heavy atom. The molecule has 2 aliphatic rings. The Hall–Kier alpha value is -1.31. The monoisotopic (exact) mass is 467 g/mol. The number of aromatic nitrogens is 1. The van der Waals surface area contributed by atoms with Crippen molar-refractivity contribution >= 4 is 44.1 Å². The second kappa shape index (κ2) is 7.99. The molecule has 1 aliphatic heterocycles. The number of piperazine rings is 1. The molecule has 1 aliphatic carbocycles. The number of halogens is 2. The maximum Gasteiger partial charge on any atom is 0.262 e. The Kier molecular flexibility index (Phi) is 5.83. The Morgan fingerprint density at radius 1 is 1.23 bits per heavy atom. The summed E-state index contributed by atoms with van der Waals surface area (Å²) in [6.07, 6.45) is 8.69. The van der Waals surface area contributed by atoms with Gasteiger partial charge in [-0.15, -0.1) is 0 Å². The van der Waals surface area contributed by atoms with Crippen LogP contribution in [-0.2, 0) is 16.6 Å². The number of likely N-dealkylation sites (N-methyl/N-ethyl adjacent to an activating group) is 1. The molecule has 0 spiro atoms. The molecule has 0 radical (unpaired) electrons. The number of fused-ring (bicyclic) bond motifs is 1. The Labute approximate surface area is 188 Å². The van der Waals surface area contributed by atoms with Crippen LogP contribution in [0.4, 0.5) is 0 Å². The first kappa shape index (κ1) is 21.9. The summed E-state index contributed by atoms with van der Waals surface area (Å²) in [7, 11) is -1.74. The van der Waals surface area contributed by atoms with Gasteiger partial charge in [0.2, 0.25) is 0 Å². The van der Waals surface area contributed by atoms with Crippen molar-refractivity contribution in [3.05, 3.63) is 58.8 Å². The fourth-order valence-corrected chi connectivity index (χ4v) is 6.55. The van der Waals surface area contributed by atoms with Gasteiger partial charge in [-0.25, -0.2) is 12.4 Å². The van der Waals surface area contributed by atoms with Crippen LogP contribution in [0.2, 0.25) is 5.02 Å². The van der Waals surface area contributed by atoms with E-state index in [1.165, 1.54) is 3.97 Å². The lowest BCUT2D eigenvalue weighted by Gasteiger charge is -2.37. The first-order chi connectivity index (χ1) is 14.1. The van der Waals surface area contributed by atoms with Crippen LogP contribution in [0.5, 0.6) is 0 Å². The molecule has 2 heterocycles. The molecule has 0 saturated carbocycles. The standard InChI is InChI=1S/C22H27Cl2N3O2S/c1-16-13-27(30(28,29)22(24)7-5-4-6-8-22)20-12-19(23)11-18(21(16)20)15-26-10-9-25(3)17(2)14-26/h4-7,11-13,17H,8-10,14-15H2,1-3H3. The molecular weight excluding hydrogens is 441 g/mol. The van der Waals surface area contributed by atoms with E-state index in [1.807, 2.05) is 13.0 Å². The van der Waals surface area contributed by atoms with E-state index >= 15 is 0 Å². The van der Waals surface area contributed by atoms with E-state index in [1.54, 1.807) is 36.6 Å². The van der Waals surface area contributed by atoms with E-state index in [0.29, 0.717) is 16.6 Å². The molecule has 4 rings (SSSR count). The first-order valence-corrected chi connectivity index (χ1v) is 12.3. The van der Waals surface area contributed by atoms with E-state index in [4.69, 9.17) is 23.2 Å². The number of hydrogen-bond donors (Lipinski definition) is 0. The lowest BCUT2D eigenvalue weighted by atomic mass is 10.1. The normalized spacial score (nSPS) is 26.0. The summed E-state index contributed by atoms with van der Waals surface area (Å²) < 4.78 is 26.8. The summed E-state index contributed by atoms with van der Waals surface area (Å²) in [6, 6.07) is 4.15. The molecule has 162 valence electrons. The van der Waals surface area contributed by atoms with Gasteiger partial charge in [0.25, 0.3) is 10.0 Å². The number of alkyl halides is 1. The predicted molar refractivity (Wildman–Crippen MR) is 125 cm³/mol. The quantitative estimate of drug-likeness (QED) is 0.626. The lowest BCUT2D eigenvalue weighted by molar-refractivity contribution is 0.100. The number of allylic oxidation sites excluding steroid dienone is 3. The second-order valence-electron chi connectivity index (χ2n) is 8.41. The van der Waals surface area contributed by atoms with Gasteiger partial charge in [0, 0.05) is 55.2 Å². The smallest absolute Gasteiger partial charge is 0.262 e. The van der Waals surface area contributed by atoms with E-state index in [-0.39, 0.29) is 6.42 Å². The third-order valence-corrected chi connectivity index (χ3v) is 9.28. The van der Waals surface area contributed by atoms with Crippen LogP contribution in [0.25, 0.3) is 10.9 Å². The summed E-state index contributed by atoms with van der Waals surface area (Å²) in [5.41, 5.74) is 2.53. The molecule has 2 aromatic rings. The van der Waals surface area contributed by atoms with Gasteiger partial charge >= 0.3 is 0 Å². The maximum atomic E-state index is 13.5.